The van der Waals surface area contributed by atoms with E-state index < -0.39 is 18.2 Å². The highest BCUT2D eigenvalue weighted by atomic mass is 16.5. The molecule has 0 fully saturated rings. The van der Waals surface area contributed by atoms with E-state index in [1.165, 1.54) is 6.92 Å². The first-order chi connectivity index (χ1) is 7.54. The molecule has 0 bridgehead atoms. The van der Waals surface area contributed by atoms with Crippen LogP contribution in [0.15, 0.2) is 24.3 Å². The van der Waals surface area contributed by atoms with Gasteiger partial charge in [-0.1, -0.05) is 19.1 Å². The van der Waals surface area contributed by atoms with Crippen molar-refractivity contribution in [1.29, 1.82) is 0 Å². The van der Waals surface area contributed by atoms with Gasteiger partial charge in [-0.15, -0.1) is 0 Å². The number of hydrogen-bond donors (Lipinski definition) is 2. The van der Waals surface area contributed by atoms with Gasteiger partial charge in [0.15, 0.2) is 6.10 Å². The summed E-state index contributed by atoms with van der Waals surface area (Å²) in [7, 11) is 0. The Morgan fingerprint density at radius 1 is 1.38 bits per heavy atom. The number of carbonyl (C=O) groups is 1. The maximum atomic E-state index is 10.6. The molecule has 0 aliphatic heterocycles. The Bertz CT molecular complexity index is 345. The van der Waals surface area contributed by atoms with Gasteiger partial charge in [0.05, 0.1) is 6.10 Å². The quantitative estimate of drug-likeness (QED) is 0.802. The minimum Gasteiger partial charge on any atom is -0.479 e. The van der Waals surface area contributed by atoms with Gasteiger partial charge in [0, 0.05) is 0 Å². The lowest BCUT2D eigenvalue weighted by Crippen LogP contribution is -2.22. The van der Waals surface area contributed by atoms with E-state index in [-0.39, 0.29) is 0 Å². The van der Waals surface area contributed by atoms with Crippen LogP contribution in [0.25, 0.3) is 0 Å². The van der Waals surface area contributed by atoms with Gasteiger partial charge in [0.25, 0.3) is 0 Å². The number of hydrogen-bond acceptors (Lipinski definition) is 3. The minimum atomic E-state index is -1.00. The molecule has 0 radical (unpaired) electrons. The van der Waals surface area contributed by atoms with E-state index >= 15 is 0 Å². The Hall–Kier alpha value is -1.55. The molecule has 4 nitrogen and oxygen atoms in total. The monoisotopic (exact) mass is 224 g/mol. The summed E-state index contributed by atoms with van der Waals surface area (Å²) in [5, 5.41) is 18.2. The Labute approximate surface area is 94.5 Å². The number of aliphatic hydroxyl groups excluding tert-OH is 1. The smallest absolute Gasteiger partial charge is 0.344 e. The molecule has 88 valence electrons. The highest BCUT2D eigenvalue weighted by Crippen LogP contribution is 2.20. The van der Waals surface area contributed by atoms with Crippen molar-refractivity contribution in [1.82, 2.24) is 0 Å². The first-order valence-corrected chi connectivity index (χ1v) is 5.22. The summed E-state index contributed by atoms with van der Waals surface area (Å²) in [5.41, 5.74) is 0.804. The second kappa shape index (κ2) is 5.51. The number of ether oxygens (including phenoxy) is 1. The summed E-state index contributed by atoms with van der Waals surface area (Å²) in [6, 6.07) is 6.79. The lowest BCUT2D eigenvalue weighted by Gasteiger charge is -2.12. The van der Waals surface area contributed by atoms with Crippen LogP contribution in [0.1, 0.15) is 31.9 Å². The van der Waals surface area contributed by atoms with E-state index in [1.54, 1.807) is 24.3 Å². The molecule has 0 aromatic heterocycles. The number of aliphatic hydroxyl groups is 1. The summed E-state index contributed by atoms with van der Waals surface area (Å²) >= 11 is 0. The molecule has 2 atom stereocenters. The van der Waals surface area contributed by atoms with E-state index in [0.29, 0.717) is 12.2 Å². The van der Waals surface area contributed by atoms with Crippen LogP contribution in [0.2, 0.25) is 0 Å². The number of aliphatic carboxylic acids is 1. The van der Waals surface area contributed by atoms with Crippen LogP contribution in [0.3, 0.4) is 0 Å². The highest BCUT2D eigenvalue weighted by molar-refractivity contribution is 5.72. The van der Waals surface area contributed by atoms with Crippen molar-refractivity contribution in [2.45, 2.75) is 32.5 Å². The highest BCUT2D eigenvalue weighted by Gasteiger charge is 2.12. The van der Waals surface area contributed by atoms with E-state index in [1.807, 2.05) is 6.92 Å². The third kappa shape index (κ3) is 3.24. The predicted octanol–water partition coefficient (Wildman–Crippen LogP) is 1.98. The molecule has 2 N–H and O–H groups in total. The number of benzene rings is 1. The molecular weight excluding hydrogens is 208 g/mol. The van der Waals surface area contributed by atoms with Crippen LogP contribution in [-0.2, 0) is 4.79 Å². The summed E-state index contributed by atoms with van der Waals surface area (Å²) in [6.07, 6.45) is -0.709. The summed E-state index contributed by atoms with van der Waals surface area (Å²) in [4.78, 5) is 10.6. The van der Waals surface area contributed by atoms with Crippen molar-refractivity contribution < 1.29 is 19.7 Å². The molecule has 0 heterocycles. The molecule has 0 saturated carbocycles. The molecule has 1 unspecified atom stereocenters. The first kappa shape index (κ1) is 12.5. The normalized spacial score (nSPS) is 14.2. The van der Waals surface area contributed by atoms with Gasteiger partial charge < -0.3 is 14.9 Å². The van der Waals surface area contributed by atoms with Gasteiger partial charge >= 0.3 is 5.97 Å². The maximum absolute atomic E-state index is 10.6. The van der Waals surface area contributed by atoms with Gasteiger partial charge in [-0.2, -0.15) is 0 Å². The molecule has 0 aliphatic rings. The maximum Gasteiger partial charge on any atom is 0.344 e. The van der Waals surface area contributed by atoms with Gasteiger partial charge in [-0.3, -0.25) is 0 Å². The van der Waals surface area contributed by atoms with Crippen molar-refractivity contribution in [3.05, 3.63) is 29.8 Å². The summed E-state index contributed by atoms with van der Waals surface area (Å²) in [6.45, 7) is 3.36. The van der Waals surface area contributed by atoms with Crippen molar-refractivity contribution in [2.24, 2.45) is 0 Å². The van der Waals surface area contributed by atoms with Gasteiger partial charge in [-0.05, 0) is 31.0 Å². The SMILES string of the molecule is CC[C@@H](O)c1ccc(OC(C)C(=O)O)cc1. The van der Waals surface area contributed by atoms with Crippen LogP contribution in [-0.4, -0.2) is 22.3 Å². The van der Waals surface area contributed by atoms with Crippen molar-refractivity contribution in [2.75, 3.05) is 0 Å². The second-order valence-corrected chi connectivity index (χ2v) is 3.59. The molecule has 0 spiro atoms. The van der Waals surface area contributed by atoms with Crippen LogP contribution >= 0.6 is 0 Å². The fourth-order valence-corrected chi connectivity index (χ4v) is 1.26. The number of carboxylic acid groups (broad SMARTS) is 1. The van der Waals surface area contributed by atoms with E-state index in [0.717, 1.165) is 5.56 Å². The summed E-state index contributed by atoms with van der Waals surface area (Å²) < 4.78 is 5.16. The first-order valence-electron chi connectivity index (χ1n) is 5.22. The van der Waals surface area contributed by atoms with Crippen molar-refractivity contribution >= 4 is 5.97 Å². The third-order valence-electron chi connectivity index (χ3n) is 2.31. The van der Waals surface area contributed by atoms with Crippen LogP contribution < -0.4 is 4.74 Å². The van der Waals surface area contributed by atoms with Gasteiger partial charge in [0.1, 0.15) is 5.75 Å². The zero-order chi connectivity index (χ0) is 12.1. The summed E-state index contributed by atoms with van der Waals surface area (Å²) in [5.74, 6) is -0.514. The van der Waals surface area contributed by atoms with Crippen LogP contribution in [0.4, 0.5) is 0 Å². The Kier molecular flexibility index (Phi) is 4.31. The Morgan fingerprint density at radius 2 is 1.94 bits per heavy atom. The van der Waals surface area contributed by atoms with Crippen LogP contribution in [0.5, 0.6) is 5.75 Å². The Balaban J connectivity index is 2.68. The van der Waals surface area contributed by atoms with Crippen molar-refractivity contribution in [3.8, 4) is 5.75 Å². The van der Waals surface area contributed by atoms with E-state index in [9.17, 15) is 9.90 Å². The molecule has 1 aromatic carbocycles. The van der Waals surface area contributed by atoms with Crippen LogP contribution in [0, 0.1) is 0 Å². The van der Waals surface area contributed by atoms with E-state index in [2.05, 4.69) is 0 Å². The zero-order valence-corrected chi connectivity index (χ0v) is 9.38. The van der Waals surface area contributed by atoms with Crippen molar-refractivity contribution in [3.63, 3.8) is 0 Å². The van der Waals surface area contributed by atoms with Gasteiger partial charge in [0.2, 0.25) is 0 Å². The zero-order valence-electron chi connectivity index (χ0n) is 9.38. The second-order valence-electron chi connectivity index (χ2n) is 3.59. The van der Waals surface area contributed by atoms with Gasteiger partial charge in [-0.25, -0.2) is 4.79 Å². The molecule has 1 rings (SSSR count). The molecule has 0 aliphatic carbocycles. The largest absolute Gasteiger partial charge is 0.479 e. The lowest BCUT2D eigenvalue weighted by atomic mass is 10.1. The average Bonchev–Trinajstić information content (AvgIpc) is 2.28. The lowest BCUT2D eigenvalue weighted by molar-refractivity contribution is -0.144. The number of carboxylic acids is 1. The fourth-order valence-electron chi connectivity index (χ4n) is 1.26. The predicted molar refractivity (Wildman–Crippen MR) is 59.4 cm³/mol. The molecule has 16 heavy (non-hydrogen) atoms. The molecular formula is C12H16O4. The topological polar surface area (TPSA) is 66.8 Å². The molecule has 4 heteroatoms. The standard InChI is InChI=1S/C12H16O4/c1-3-11(13)9-4-6-10(7-5-9)16-8(2)12(14)15/h4-8,11,13H,3H2,1-2H3,(H,14,15)/t8?,11-/m1/s1. The average molecular weight is 224 g/mol. The fraction of sp³-hybridized carbons (Fsp3) is 0.417. The van der Waals surface area contributed by atoms with E-state index in [4.69, 9.17) is 9.84 Å². The number of rotatable bonds is 5. The molecule has 1 aromatic rings. The molecule has 0 amide bonds. The minimum absolute atomic E-state index is 0.481. The Morgan fingerprint density at radius 3 is 2.38 bits per heavy atom. The molecule has 0 saturated heterocycles. The third-order valence-corrected chi connectivity index (χ3v) is 2.31.